The molecule has 1 aliphatic rings. The van der Waals surface area contributed by atoms with Gasteiger partial charge in [-0.05, 0) is 43.5 Å². The molecule has 0 bridgehead atoms. The minimum absolute atomic E-state index is 0.0276. The van der Waals surface area contributed by atoms with Crippen LogP contribution in [0.3, 0.4) is 0 Å². The lowest BCUT2D eigenvalue weighted by Gasteiger charge is -2.13. The van der Waals surface area contributed by atoms with Gasteiger partial charge in [-0.2, -0.15) is 0 Å². The van der Waals surface area contributed by atoms with Gasteiger partial charge in [0.1, 0.15) is 17.3 Å². The number of amides is 2. The molecule has 0 atom stereocenters. The topological polar surface area (TPSA) is 75.5 Å². The van der Waals surface area contributed by atoms with Crippen LogP contribution in [-0.2, 0) is 0 Å². The van der Waals surface area contributed by atoms with Crippen molar-refractivity contribution in [3.05, 3.63) is 65.0 Å². The van der Waals surface area contributed by atoms with E-state index in [4.69, 9.17) is 0 Å². The lowest BCUT2D eigenvalue weighted by molar-refractivity contribution is 0.0933. The van der Waals surface area contributed by atoms with Gasteiger partial charge >= 0.3 is 0 Å². The summed E-state index contributed by atoms with van der Waals surface area (Å²) in [5.74, 6) is -2.90. The third-order valence-corrected chi connectivity index (χ3v) is 5.08. The maximum atomic E-state index is 14.0. The summed E-state index contributed by atoms with van der Waals surface area (Å²) in [6, 6.07) is 6.34. The molecule has 150 valence electrons. The first-order chi connectivity index (χ1) is 13.9. The highest BCUT2D eigenvalue weighted by Gasteiger charge is 2.25. The zero-order chi connectivity index (χ0) is 20.5. The lowest BCUT2D eigenvalue weighted by Crippen LogP contribution is -2.34. The highest BCUT2D eigenvalue weighted by Crippen LogP contribution is 2.23. The van der Waals surface area contributed by atoms with Gasteiger partial charge in [-0.25, -0.2) is 13.8 Å². The van der Waals surface area contributed by atoms with E-state index in [-0.39, 0.29) is 29.0 Å². The maximum absolute atomic E-state index is 14.0. The number of hydrogen-bond donors (Lipinski definition) is 2. The number of halogens is 2. The monoisotopic (exact) mass is 398 g/mol. The van der Waals surface area contributed by atoms with Crippen molar-refractivity contribution in [1.29, 1.82) is 0 Å². The van der Waals surface area contributed by atoms with Gasteiger partial charge in [-0.1, -0.05) is 18.9 Å². The third-order valence-electron chi connectivity index (χ3n) is 5.08. The lowest BCUT2D eigenvalue weighted by atomic mass is 10.2. The Morgan fingerprint density at radius 3 is 2.59 bits per heavy atom. The number of anilines is 1. The van der Waals surface area contributed by atoms with Crippen LogP contribution in [0.4, 0.5) is 14.6 Å². The molecular weight excluding hydrogens is 378 g/mol. The maximum Gasteiger partial charge on any atom is 0.272 e. The number of aromatic nitrogens is 2. The molecule has 6 nitrogen and oxygen atoms in total. The van der Waals surface area contributed by atoms with Crippen LogP contribution >= 0.6 is 0 Å². The van der Waals surface area contributed by atoms with Crippen LogP contribution in [0.25, 0.3) is 5.65 Å². The summed E-state index contributed by atoms with van der Waals surface area (Å²) in [5, 5.41) is 5.50. The number of nitrogens with one attached hydrogen (secondary N) is 2. The molecule has 0 unspecified atom stereocenters. The predicted octanol–water partition coefficient (Wildman–Crippen LogP) is 3.85. The molecule has 0 radical (unpaired) electrons. The van der Waals surface area contributed by atoms with Crippen molar-refractivity contribution in [2.75, 3.05) is 5.32 Å². The second-order valence-electron chi connectivity index (χ2n) is 7.28. The number of fused-ring (bicyclic) bond motifs is 1. The van der Waals surface area contributed by atoms with Gasteiger partial charge in [-0.15, -0.1) is 0 Å². The molecule has 29 heavy (non-hydrogen) atoms. The van der Waals surface area contributed by atoms with E-state index >= 15 is 0 Å². The molecule has 2 amide bonds. The Labute approximate surface area is 165 Å². The quantitative estimate of drug-likeness (QED) is 0.701. The van der Waals surface area contributed by atoms with E-state index in [1.165, 1.54) is 0 Å². The zero-order valence-electron chi connectivity index (χ0n) is 15.8. The summed E-state index contributed by atoms with van der Waals surface area (Å²) in [7, 11) is 0. The molecular formula is C21H20F2N4O2. The molecule has 2 heterocycles. The SMILES string of the molecule is Cc1ccc2nc(NC(=O)c3ccc(F)cc3F)c(C(=O)NC3CCCC3)n2c1. The first-order valence-corrected chi connectivity index (χ1v) is 9.48. The van der Waals surface area contributed by atoms with Gasteiger partial charge in [0, 0.05) is 18.3 Å². The molecule has 2 aromatic heterocycles. The van der Waals surface area contributed by atoms with Gasteiger partial charge in [0.05, 0.1) is 5.56 Å². The fourth-order valence-electron chi connectivity index (χ4n) is 3.63. The van der Waals surface area contributed by atoms with Crippen LogP contribution < -0.4 is 10.6 Å². The molecule has 0 saturated heterocycles. The van der Waals surface area contributed by atoms with E-state index in [0.29, 0.717) is 11.7 Å². The Morgan fingerprint density at radius 1 is 1.10 bits per heavy atom. The number of hydrogen-bond acceptors (Lipinski definition) is 3. The van der Waals surface area contributed by atoms with Crippen molar-refractivity contribution in [2.45, 2.75) is 38.6 Å². The van der Waals surface area contributed by atoms with Crippen molar-refractivity contribution < 1.29 is 18.4 Å². The Morgan fingerprint density at radius 2 is 1.86 bits per heavy atom. The van der Waals surface area contributed by atoms with Crippen molar-refractivity contribution >= 4 is 23.3 Å². The van der Waals surface area contributed by atoms with Crippen LogP contribution in [0.1, 0.15) is 52.1 Å². The second kappa shape index (κ2) is 7.62. The number of rotatable bonds is 4. The predicted molar refractivity (Wildman–Crippen MR) is 104 cm³/mol. The summed E-state index contributed by atoms with van der Waals surface area (Å²) >= 11 is 0. The molecule has 1 aromatic carbocycles. The number of imidazole rings is 1. The molecule has 8 heteroatoms. The van der Waals surface area contributed by atoms with E-state index in [9.17, 15) is 18.4 Å². The zero-order valence-corrected chi connectivity index (χ0v) is 15.8. The molecule has 1 saturated carbocycles. The number of carbonyl (C=O) groups excluding carboxylic acids is 2. The molecule has 0 aliphatic heterocycles. The molecule has 1 aliphatic carbocycles. The Balaban J connectivity index is 1.70. The van der Waals surface area contributed by atoms with Gasteiger partial charge in [0.15, 0.2) is 11.5 Å². The van der Waals surface area contributed by atoms with Crippen LogP contribution in [0.5, 0.6) is 0 Å². The van der Waals surface area contributed by atoms with E-state index in [2.05, 4.69) is 15.6 Å². The smallest absolute Gasteiger partial charge is 0.272 e. The fraction of sp³-hybridized carbons (Fsp3) is 0.286. The van der Waals surface area contributed by atoms with Crippen LogP contribution in [-0.4, -0.2) is 27.2 Å². The summed E-state index contributed by atoms with van der Waals surface area (Å²) in [4.78, 5) is 29.9. The van der Waals surface area contributed by atoms with Gasteiger partial charge in [0.25, 0.3) is 11.8 Å². The number of pyridine rings is 1. The first kappa shape index (κ1) is 19.0. The van der Waals surface area contributed by atoms with Crippen molar-refractivity contribution in [3.63, 3.8) is 0 Å². The minimum atomic E-state index is -0.987. The Bertz CT molecular complexity index is 1100. The fourth-order valence-corrected chi connectivity index (χ4v) is 3.63. The van der Waals surface area contributed by atoms with E-state index < -0.39 is 17.5 Å². The first-order valence-electron chi connectivity index (χ1n) is 9.48. The molecule has 3 aromatic rings. The second-order valence-corrected chi connectivity index (χ2v) is 7.28. The Hall–Kier alpha value is -3.29. The largest absolute Gasteiger partial charge is 0.348 e. The number of nitrogens with zero attached hydrogens (tertiary/aromatic N) is 2. The van der Waals surface area contributed by atoms with Crippen molar-refractivity contribution in [1.82, 2.24) is 14.7 Å². The third kappa shape index (κ3) is 3.83. The normalized spacial score (nSPS) is 14.3. The highest BCUT2D eigenvalue weighted by atomic mass is 19.1. The van der Waals surface area contributed by atoms with Crippen LogP contribution in [0.15, 0.2) is 36.5 Å². The van der Waals surface area contributed by atoms with E-state index in [1.54, 1.807) is 16.7 Å². The van der Waals surface area contributed by atoms with Crippen LogP contribution in [0.2, 0.25) is 0 Å². The van der Waals surface area contributed by atoms with Crippen molar-refractivity contribution in [3.8, 4) is 0 Å². The van der Waals surface area contributed by atoms with Gasteiger partial charge in [-0.3, -0.25) is 14.0 Å². The minimum Gasteiger partial charge on any atom is -0.348 e. The number of benzene rings is 1. The number of carbonyl (C=O) groups is 2. The van der Waals surface area contributed by atoms with Crippen LogP contribution in [0, 0.1) is 18.6 Å². The van der Waals surface area contributed by atoms with Gasteiger partial charge < -0.3 is 10.6 Å². The standard InChI is InChI=1S/C21H20F2N4O2/c1-12-6-9-17-25-19(26-20(28)15-8-7-13(22)10-16(15)23)18(27(17)11-12)21(29)24-14-4-2-3-5-14/h6-11,14H,2-5H2,1H3,(H,24,29)(H,26,28). The average Bonchev–Trinajstić information content (AvgIpc) is 3.28. The summed E-state index contributed by atoms with van der Waals surface area (Å²) in [6.07, 6.45) is 5.68. The van der Waals surface area contributed by atoms with Crippen molar-refractivity contribution in [2.24, 2.45) is 0 Å². The molecule has 4 rings (SSSR count). The van der Waals surface area contributed by atoms with E-state index in [0.717, 1.165) is 43.4 Å². The summed E-state index contributed by atoms with van der Waals surface area (Å²) in [6.45, 7) is 1.88. The average molecular weight is 398 g/mol. The molecule has 2 N–H and O–H groups in total. The summed E-state index contributed by atoms with van der Waals surface area (Å²) < 4.78 is 28.7. The highest BCUT2D eigenvalue weighted by molar-refractivity contribution is 6.08. The van der Waals surface area contributed by atoms with E-state index in [1.807, 2.05) is 13.0 Å². The summed E-state index contributed by atoms with van der Waals surface area (Å²) in [5.41, 5.74) is 1.22. The number of aryl methyl sites for hydroxylation is 1. The molecule has 0 spiro atoms. The van der Waals surface area contributed by atoms with Gasteiger partial charge in [0.2, 0.25) is 0 Å². The Kier molecular flexibility index (Phi) is 5.00. The molecule has 1 fully saturated rings.